The maximum atomic E-state index is 12.4. The molecule has 0 heterocycles. The van der Waals surface area contributed by atoms with Crippen LogP contribution in [0.1, 0.15) is 16.7 Å². The first-order chi connectivity index (χ1) is 11.4. The lowest BCUT2D eigenvalue weighted by Crippen LogP contribution is -2.19. The highest BCUT2D eigenvalue weighted by Crippen LogP contribution is 2.29. The van der Waals surface area contributed by atoms with Crippen molar-refractivity contribution in [1.29, 1.82) is 0 Å². The van der Waals surface area contributed by atoms with E-state index < -0.39 is 10.0 Å². The Balaban J connectivity index is 2.27. The first-order valence-electron chi connectivity index (χ1n) is 7.22. The normalized spacial score (nSPS) is 11.5. The molecule has 0 spiro atoms. The number of nitrogens with zero attached hydrogens (tertiary/aromatic N) is 1. The zero-order valence-electron chi connectivity index (χ0n) is 14.0. The molecule has 1 N–H and O–H groups in total. The highest BCUT2D eigenvalue weighted by atomic mass is 32.2. The Morgan fingerprint density at radius 2 is 1.83 bits per heavy atom. The van der Waals surface area contributed by atoms with Crippen molar-refractivity contribution in [2.75, 3.05) is 14.2 Å². The molecular formula is C17H20N2O4S. The van der Waals surface area contributed by atoms with Crippen LogP contribution >= 0.6 is 0 Å². The summed E-state index contributed by atoms with van der Waals surface area (Å²) in [6.07, 6.45) is 1.38. The van der Waals surface area contributed by atoms with E-state index in [-0.39, 0.29) is 4.90 Å². The fraction of sp³-hybridized carbons (Fsp3) is 0.235. The number of hydrogen-bond donors (Lipinski definition) is 1. The largest absolute Gasteiger partial charge is 0.493 e. The van der Waals surface area contributed by atoms with Gasteiger partial charge >= 0.3 is 0 Å². The fourth-order valence-corrected chi connectivity index (χ4v) is 3.35. The van der Waals surface area contributed by atoms with Crippen LogP contribution in [0, 0.1) is 13.8 Å². The molecule has 0 radical (unpaired) electrons. The Labute approximate surface area is 142 Å². The van der Waals surface area contributed by atoms with Gasteiger partial charge in [-0.15, -0.1) is 0 Å². The summed E-state index contributed by atoms with van der Waals surface area (Å²) in [5.74, 6) is 1.02. The lowest BCUT2D eigenvalue weighted by molar-refractivity contribution is 0.354. The quantitative estimate of drug-likeness (QED) is 0.643. The van der Waals surface area contributed by atoms with Crippen LogP contribution in [0.15, 0.2) is 46.4 Å². The molecule has 0 aliphatic carbocycles. The van der Waals surface area contributed by atoms with Gasteiger partial charge in [0.25, 0.3) is 10.0 Å². The van der Waals surface area contributed by atoms with Crippen LogP contribution < -0.4 is 14.3 Å². The monoisotopic (exact) mass is 348 g/mol. The summed E-state index contributed by atoms with van der Waals surface area (Å²) in [6, 6.07) is 10.5. The smallest absolute Gasteiger partial charge is 0.276 e. The molecule has 0 atom stereocenters. The lowest BCUT2D eigenvalue weighted by atomic mass is 10.2. The number of hydrazone groups is 1. The molecule has 0 bridgehead atoms. The summed E-state index contributed by atoms with van der Waals surface area (Å²) in [5, 5.41) is 3.85. The van der Waals surface area contributed by atoms with Gasteiger partial charge in [0, 0.05) is 5.56 Å². The highest BCUT2D eigenvalue weighted by Gasteiger charge is 2.16. The van der Waals surface area contributed by atoms with Gasteiger partial charge in [-0.1, -0.05) is 18.2 Å². The summed E-state index contributed by atoms with van der Waals surface area (Å²) in [6.45, 7) is 3.58. The van der Waals surface area contributed by atoms with Crippen molar-refractivity contribution in [3.63, 3.8) is 0 Å². The third-order valence-electron chi connectivity index (χ3n) is 3.44. The number of sulfonamides is 1. The Kier molecular flexibility index (Phi) is 5.46. The molecule has 7 heteroatoms. The van der Waals surface area contributed by atoms with E-state index in [0.29, 0.717) is 22.6 Å². The van der Waals surface area contributed by atoms with Gasteiger partial charge in [0.05, 0.1) is 25.3 Å². The number of benzene rings is 2. The van der Waals surface area contributed by atoms with Gasteiger partial charge in [0.1, 0.15) is 0 Å². The molecule has 0 unspecified atom stereocenters. The van der Waals surface area contributed by atoms with Crippen molar-refractivity contribution < 1.29 is 17.9 Å². The molecule has 0 saturated heterocycles. The molecule has 0 aliphatic rings. The minimum absolute atomic E-state index is 0.206. The average Bonchev–Trinajstić information content (AvgIpc) is 2.56. The summed E-state index contributed by atoms with van der Waals surface area (Å²) < 4.78 is 35.3. The van der Waals surface area contributed by atoms with Crippen molar-refractivity contribution in [3.05, 3.63) is 53.1 Å². The number of para-hydroxylation sites is 1. The molecule has 0 aromatic heterocycles. The predicted octanol–water partition coefficient (Wildman–Crippen LogP) is 2.63. The molecule has 0 saturated carbocycles. The second-order valence-corrected chi connectivity index (χ2v) is 6.83. The molecular weight excluding hydrogens is 328 g/mol. The van der Waals surface area contributed by atoms with Crippen LogP contribution in [0.25, 0.3) is 0 Å². The Morgan fingerprint density at radius 1 is 1.08 bits per heavy atom. The van der Waals surface area contributed by atoms with E-state index in [4.69, 9.17) is 9.47 Å². The first-order valence-corrected chi connectivity index (χ1v) is 8.70. The molecule has 2 aromatic carbocycles. The zero-order chi connectivity index (χ0) is 17.7. The molecule has 0 aliphatic heterocycles. The molecule has 2 rings (SSSR count). The third kappa shape index (κ3) is 3.86. The topological polar surface area (TPSA) is 77.0 Å². The van der Waals surface area contributed by atoms with Gasteiger partial charge in [-0.3, -0.25) is 0 Å². The standard InChI is InChI=1S/C17H20N2O4S/c1-12-8-9-13(2)16(10-12)24(20,21)19-18-11-14-6-5-7-15(22-3)17(14)23-4/h5-11,19H,1-4H3/b18-11+. The van der Waals surface area contributed by atoms with Gasteiger partial charge in [0.15, 0.2) is 11.5 Å². The number of rotatable bonds is 6. The van der Waals surface area contributed by atoms with E-state index in [1.165, 1.54) is 20.4 Å². The number of ether oxygens (including phenoxy) is 2. The van der Waals surface area contributed by atoms with Gasteiger partial charge in [-0.05, 0) is 43.2 Å². The SMILES string of the molecule is COc1cccc(/C=N/NS(=O)(=O)c2cc(C)ccc2C)c1OC. The maximum Gasteiger partial charge on any atom is 0.276 e. The van der Waals surface area contributed by atoms with E-state index in [1.807, 2.05) is 13.0 Å². The minimum Gasteiger partial charge on any atom is -0.493 e. The fourth-order valence-electron chi connectivity index (χ4n) is 2.22. The number of hydrogen-bond acceptors (Lipinski definition) is 5. The predicted molar refractivity (Wildman–Crippen MR) is 93.4 cm³/mol. The molecule has 0 amide bonds. The van der Waals surface area contributed by atoms with Gasteiger partial charge in [-0.2, -0.15) is 13.5 Å². The lowest BCUT2D eigenvalue weighted by Gasteiger charge is -2.10. The van der Waals surface area contributed by atoms with Crippen molar-refractivity contribution in [3.8, 4) is 11.5 Å². The van der Waals surface area contributed by atoms with E-state index in [2.05, 4.69) is 9.93 Å². The third-order valence-corrected chi connectivity index (χ3v) is 4.81. The Morgan fingerprint density at radius 3 is 2.50 bits per heavy atom. The second-order valence-electron chi connectivity index (χ2n) is 5.20. The zero-order valence-corrected chi connectivity index (χ0v) is 14.8. The average molecular weight is 348 g/mol. The molecule has 6 nitrogen and oxygen atoms in total. The minimum atomic E-state index is -3.74. The molecule has 0 fully saturated rings. The van der Waals surface area contributed by atoms with Crippen LogP contribution in [-0.2, 0) is 10.0 Å². The van der Waals surface area contributed by atoms with Crippen molar-refractivity contribution in [2.45, 2.75) is 18.7 Å². The first kappa shape index (κ1) is 17.8. The van der Waals surface area contributed by atoms with Crippen LogP contribution in [0.4, 0.5) is 0 Å². The van der Waals surface area contributed by atoms with Crippen LogP contribution in [0.2, 0.25) is 0 Å². The summed E-state index contributed by atoms with van der Waals surface area (Å²) in [5.41, 5.74) is 2.11. The van der Waals surface area contributed by atoms with Crippen molar-refractivity contribution in [2.24, 2.45) is 5.10 Å². The van der Waals surface area contributed by atoms with E-state index >= 15 is 0 Å². The van der Waals surface area contributed by atoms with E-state index in [0.717, 1.165) is 5.56 Å². The summed E-state index contributed by atoms with van der Waals surface area (Å²) in [7, 11) is -0.700. The van der Waals surface area contributed by atoms with Crippen molar-refractivity contribution in [1.82, 2.24) is 4.83 Å². The molecule has 24 heavy (non-hydrogen) atoms. The van der Waals surface area contributed by atoms with Crippen molar-refractivity contribution >= 4 is 16.2 Å². The van der Waals surface area contributed by atoms with Crippen LogP contribution in [0.3, 0.4) is 0 Å². The molecule has 2 aromatic rings. The Bertz CT molecular complexity index is 861. The summed E-state index contributed by atoms with van der Waals surface area (Å²) >= 11 is 0. The van der Waals surface area contributed by atoms with Gasteiger partial charge < -0.3 is 9.47 Å². The van der Waals surface area contributed by atoms with E-state index in [1.54, 1.807) is 37.3 Å². The number of methoxy groups -OCH3 is 2. The van der Waals surface area contributed by atoms with Crippen LogP contribution in [0.5, 0.6) is 11.5 Å². The number of aryl methyl sites for hydroxylation is 2. The van der Waals surface area contributed by atoms with Gasteiger partial charge in [-0.25, -0.2) is 4.83 Å². The summed E-state index contributed by atoms with van der Waals surface area (Å²) in [4.78, 5) is 2.43. The second kappa shape index (κ2) is 7.35. The van der Waals surface area contributed by atoms with E-state index in [9.17, 15) is 8.42 Å². The van der Waals surface area contributed by atoms with Crippen LogP contribution in [-0.4, -0.2) is 28.9 Å². The molecule has 128 valence electrons. The highest BCUT2D eigenvalue weighted by molar-refractivity contribution is 7.89. The number of nitrogens with one attached hydrogen (secondary N) is 1. The Hall–Kier alpha value is -2.54. The maximum absolute atomic E-state index is 12.4. The van der Waals surface area contributed by atoms with Gasteiger partial charge in [0.2, 0.25) is 0 Å².